The van der Waals surface area contributed by atoms with Crippen LogP contribution in [-0.2, 0) is 11.3 Å². The lowest BCUT2D eigenvalue weighted by molar-refractivity contribution is -0.135. The Kier molecular flexibility index (Phi) is 4.15. The molecule has 6 heteroatoms. The van der Waals surface area contributed by atoms with Gasteiger partial charge in [0.25, 0.3) is 0 Å². The van der Waals surface area contributed by atoms with Crippen molar-refractivity contribution in [2.45, 2.75) is 25.9 Å². The molecule has 108 valence electrons. The first-order chi connectivity index (χ1) is 9.32. The minimum Gasteiger partial charge on any atom is -0.478 e. The number of hydrogen-bond acceptors (Lipinski definition) is 3. The van der Waals surface area contributed by atoms with Gasteiger partial charge in [-0.2, -0.15) is 0 Å². The molecule has 1 aromatic rings. The van der Waals surface area contributed by atoms with E-state index in [0.717, 1.165) is 16.6 Å². The average molecular weight is 341 g/mol. The summed E-state index contributed by atoms with van der Waals surface area (Å²) in [4.78, 5) is 24.9. The summed E-state index contributed by atoms with van der Waals surface area (Å²) in [6.07, 6.45) is 0. The summed E-state index contributed by atoms with van der Waals surface area (Å²) in [5.74, 6) is -0.933. The van der Waals surface area contributed by atoms with E-state index in [4.69, 9.17) is 5.11 Å². The van der Waals surface area contributed by atoms with Crippen LogP contribution in [0, 0.1) is 0 Å². The number of carboxylic acid groups (broad SMARTS) is 1. The Labute approximate surface area is 126 Å². The van der Waals surface area contributed by atoms with Crippen molar-refractivity contribution in [3.8, 4) is 0 Å². The number of carboxylic acids is 1. The van der Waals surface area contributed by atoms with E-state index < -0.39 is 11.5 Å². The van der Waals surface area contributed by atoms with Gasteiger partial charge in [0.1, 0.15) is 0 Å². The van der Waals surface area contributed by atoms with Crippen LogP contribution in [0.3, 0.4) is 0 Å². The first-order valence-electron chi connectivity index (χ1n) is 6.37. The minimum atomic E-state index is -0.949. The van der Waals surface area contributed by atoms with Gasteiger partial charge in [-0.3, -0.25) is 9.69 Å². The van der Waals surface area contributed by atoms with Crippen molar-refractivity contribution in [2.75, 3.05) is 13.1 Å². The van der Waals surface area contributed by atoms with E-state index >= 15 is 0 Å². The number of nitrogens with one attached hydrogen (secondary N) is 1. The number of amides is 1. The Morgan fingerprint density at radius 1 is 1.50 bits per heavy atom. The molecule has 0 radical (unpaired) electrons. The van der Waals surface area contributed by atoms with Crippen molar-refractivity contribution in [3.05, 3.63) is 33.8 Å². The average Bonchev–Trinajstić information content (AvgIpc) is 2.37. The van der Waals surface area contributed by atoms with Crippen molar-refractivity contribution >= 4 is 27.8 Å². The SMILES string of the molecule is CC1(C)C(=O)NCCN1Cc1ccc(C(=O)O)cc1Br. The topological polar surface area (TPSA) is 69.6 Å². The van der Waals surface area contributed by atoms with Gasteiger partial charge in [0.2, 0.25) is 5.91 Å². The molecule has 0 aliphatic carbocycles. The summed E-state index contributed by atoms with van der Waals surface area (Å²) in [6, 6.07) is 4.96. The lowest BCUT2D eigenvalue weighted by Gasteiger charge is -2.41. The van der Waals surface area contributed by atoms with Gasteiger partial charge >= 0.3 is 5.97 Å². The van der Waals surface area contributed by atoms with E-state index in [1.807, 2.05) is 13.8 Å². The predicted octanol–water partition coefficient (Wildman–Crippen LogP) is 1.86. The number of aromatic carboxylic acids is 1. The second-order valence-corrected chi connectivity index (χ2v) is 6.20. The molecule has 1 heterocycles. The third-order valence-corrected chi connectivity index (χ3v) is 4.41. The van der Waals surface area contributed by atoms with E-state index in [2.05, 4.69) is 26.1 Å². The number of hydrogen-bond donors (Lipinski definition) is 2. The predicted molar refractivity (Wildman–Crippen MR) is 78.6 cm³/mol. The number of halogens is 1. The van der Waals surface area contributed by atoms with E-state index in [1.165, 1.54) is 0 Å². The van der Waals surface area contributed by atoms with E-state index in [9.17, 15) is 9.59 Å². The number of piperazine rings is 1. The molecule has 1 aliphatic heterocycles. The summed E-state index contributed by atoms with van der Waals surface area (Å²) < 4.78 is 0.749. The molecule has 2 rings (SSSR count). The van der Waals surface area contributed by atoms with Crippen molar-refractivity contribution < 1.29 is 14.7 Å². The normalized spacial score (nSPS) is 18.6. The van der Waals surface area contributed by atoms with E-state index in [0.29, 0.717) is 13.1 Å². The highest BCUT2D eigenvalue weighted by Gasteiger charge is 2.37. The lowest BCUT2D eigenvalue weighted by Crippen LogP contribution is -2.61. The van der Waals surface area contributed by atoms with Gasteiger partial charge in [-0.15, -0.1) is 0 Å². The molecule has 0 unspecified atom stereocenters. The molecule has 0 saturated carbocycles. The lowest BCUT2D eigenvalue weighted by atomic mass is 9.98. The summed E-state index contributed by atoms with van der Waals surface area (Å²) in [5.41, 5.74) is 0.650. The Morgan fingerprint density at radius 2 is 2.20 bits per heavy atom. The number of benzene rings is 1. The standard InChI is InChI=1S/C14H17BrN2O3/c1-14(2)13(20)16-5-6-17(14)8-10-4-3-9(12(18)19)7-11(10)15/h3-4,7H,5-6,8H2,1-2H3,(H,16,20)(H,18,19). The zero-order chi connectivity index (χ0) is 14.9. The molecule has 0 bridgehead atoms. The van der Waals surface area contributed by atoms with Crippen LogP contribution in [0.4, 0.5) is 0 Å². The maximum Gasteiger partial charge on any atom is 0.335 e. The smallest absolute Gasteiger partial charge is 0.335 e. The van der Waals surface area contributed by atoms with Crippen LogP contribution in [0.1, 0.15) is 29.8 Å². The van der Waals surface area contributed by atoms with Gasteiger partial charge in [0.05, 0.1) is 11.1 Å². The number of carbonyl (C=O) groups excluding carboxylic acids is 1. The first kappa shape index (κ1) is 15.0. The first-order valence-corrected chi connectivity index (χ1v) is 7.17. The van der Waals surface area contributed by atoms with Gasteiger partial charge in [-0.1, -0.05) is 22.0 Å². The quantitative estimate of drug-likeness (QED) is 0.881. The van der Waals surface area contributed by atoms with Crippen molar-refractivity contribution in [1.82, 2.24) is 10.2 Å². The molecule has 1 aliphatic rings. The van der Waals surface area contributed by atoms with Crippen LogP contribution in [0.2, 0.25) is 0 Å². The summed E-state index contributed by atoms with van der Waals surface area (Å²) >= 11 is 3.40. The molecule has 1 aromatic carbocycles. The maximum atomic E-state index is 11.9. The maximum absolute atomic E-state index is 11.9. The number of rotatable bonds is 3. The van der Waals surface area contributed by atoms with Crippen LogP contribution >= 0.6 is 15.9 Å². The highest BCUT2D eigenvalue weighted by Crippen LogP contribution is 2.25. The Bertz CT molecular complexity index is 557. The zero-order valence-corrected chi connectivity index (χ0v) is 13.0. The van der Waals surface area contributed by atoms with Gasteiger partial charge in [-0.05, 0) is 31.5 Å². The third-order valence-electron chi connectivity index (χ3n) is 3.67. The van der Waals surface area contributed by atoms with Crippen molar-refractivity contribution in [3.63, 3.8) is 0 Å². The van der Waals surface area contributed by atoms with Crippen LogP contribution in [-0.4, -0.2) is 40.5 Å². The largest absolute Gasteiger partial charge is 0.478 e. The van der Waals surface area contributed by atoms with Gasteiger partial charge < -0.3 is 10.4 Å². The monoisotopic (exact) mass is 340 g/mol. The molecule has 1 amide bonds. The summed E-state index contributed by atoms with van der Waals surface area (Å²) in [6.45, 7) is 5.78. The molecule has 0 spiro atoms. The van der Waals surface area contributed by atoms with Gasteiger partial charge in [-0.25, -0.2) is 4.79 Å². The second kappa shape index (κ2) is 5.54. The van der Waals surface area contributed by atoms with Gasteiger partial charge in [0.15, 0.2) is 0 Å². The Balaban J connectivity index is 2.21. The van der Waals surface area contributed by atoms with Crippen molar-refractivity contribution in [2.24, 2.45) is 0 Å². The van der Waals surface area contributed by atoms with Crippen LogP contribution in [0.25, 0.3) is 0 Å². The van der Waals surface area contributed by atoms with Crippen LogP contribution in [0.15, 0.2) is 22.7 Å². The van der Waals surface area contributed by atoms with Gasteiger partial charge in [0, 0.05) is 24.1 Å². The molecule has 5 nitrogen and oxygen atoms in total. The minimum absolute atomic E-state index is 0.0158. The second-order valence-electron chi connectivity index (χ2n) is 5.35. The van der Waals surface area contributed by atoms with E-state index in [-0.39, 0.29) is 11.5 Å². The summed E-state index contributed by atoms with van der Waals surface area (Å²) in [7, 11) is 0. The molecule has 1 saturated heterocycles. The highest BCUT2D eigenvalue weighted by molar-refractivity contribution is 9.10. The molecule has 1 fully saturated rings. The van der Waals surface area contributed by atoms with Crippen LogP contribution in [0.5, 0.6) is 0 Å². The molecule has 2 N–H and O–H groups in total. The molecular formula is C14H17BrN2O3. The van der Waals surface area contributed by atoms with E-state index in [1.54, 1.807) is 18.2 Å². The third kappa shape index (κ3) is 2.86. The number of nitrogens with zero attached hydrogens (tertiary/aromatic N) is 1. The Hall–Kier alpha value is -1.40. The fourth-order valence-corrected chi connectivity index (χ4v) is 2.74. The Morgan fingerprint density at radius 3 is 2.80 bits per heavy atom. The fraction of sp³-hybridized carbons (Fsp3) is 0.429. The molecular weight excluding hydrogens is 324 g/mol. The zero-order valence-electron chi connectivity index (χ0n) is 11.4. The summed E-state index contributed by atoms with van der Waals surface area (Å²) in [5, 5.41) is 11.8. The van der Waals surface area contributed by atoms with Crippen molar-refractivity contribution in [1.29, 1.82) is 0 Å². The highest BCUT2D eigenvalue weighted by atomic mass is 79.9. The van der Waals surface area contributed by atoms with Crippen LogP contribution < -0.4 is 5.32 Å². The molecule has 0 atom stereocenters. The fourth-order valence-electron chi connectivity index (χ4n) is 2.23. The molecule has 20 heavy (non-hydrogen) atoms. The molecule has 0 aromatic heterocycles. The number of carbonyl (C=O) groups is 2.